The molecule has 0 N–H and O–H groups in total. The molecule has 0 nitrogen and oxygen atoms in total. The van der Waals surface area contributed by atoms with Crippen molar-refractivity contribution in [3.63, 3.8) is 0 Å². The van der Waals surface area contributed by atoms with Crippen LogP contribution in [0.2, 0.25) is 0 Å². The van der Waals surface area contributed by atoms with E-state index >= 15 is 0 Å². The third-order valence-electron chi connectivity index (χ3n) is 5.43. The molecule has 0 spiro atoms. The van der Waals surface area contributed by atoms with E-state index in [-0.39, 0.29) is 0 Å². The maximum atomic E-state index is 3.38. The van der Waals surface area contributed by atoms with Gasteiger partial charge >= 0.3 is 0 Å². The minimum absolute atomic E-state index is 1.09. The summed E-state index contributed by atoms with van der Waals surface area (Å²) in [6.45, 7) is 0. The van der Waals surface area contributed by atoms with E-state index in [1.54, 1.807) is 0 Å². The van der Waals surface area contributed by atoms with Crippen molar-refractivity contribution in [2.45, 2.75) is 109 Å². The number of allylic oxidation sites excluding steroid dienone is 12. The minimum Gasteiger partial charge on any atom is -0.0845 e. The van der Waals surface area contributed by atoms with E-state index in [0.717, 1.165) is 6.42 Å². The molecule has 0 aliphatic heterocycles. The largest absolute Gasteiger partial charge is 0.0845 e. The van der Waals surface area contributed by atoms with Crippen molar-refractivity contribution in [3.05, 3.63) is 72.9 Å². The highest BCUT2D eigenvalue weighted by Crippen LogP contribution is 2.14. The summed E-state index contributed by atoms with van der Waals surface area (Å²) >= 11 is 0. The maximum absolute atomic E-state index is 3.38. The van der Waals surface area contributed by atoms with E-state index in [0.29, 0.717) is 0 Å². The zero-order valence-electron chi connectivity index (χ0n) is 18.9. The molecule has 0 saturated carbocycles. The quantitative estimate of drug-likeness (QED) is 0.384. The molecular weight excluding hydrogens is 348 g/mol. The van der Waals surface area contributed by atoms with Gasteiger partial charge < -0.3 is 0 Å². The van der Waals surface area contributed by atoms with Crippen LogP contribution in [0.25, 0.3) is 0 Å². The Hall–Kier alpha value is -1.56. The zero-order chi connectivity index (χ0) is 20.5. The third kappa shape index (κ3) is 21.0. The third-order valence-corrected chi connectivity index (χ3v) is 5.43. The van der Waals surface area contributed by atoms with Crippen LogP contribution in [0.1, 0.15) is 109 Å². The van der Waals surface area contributed by atoms with E-state index in [1.807, 2.05) is 0 Å². The Morgan fingerprint density at radius 2 is 0.724 bits per heavy atom. The summed E-state index contributed by atoms with van der Waals surface area (Å²) in [5.74, 6) is 0. The predicted molar refractivity (Wildman–Crippen MR) is 132 cm³/mol. The predicted octanol–water partition coefficient (Wildman–Crippen LogP) is 9.77. The maximum Gasteiger partial charge on any atom is -0.0276 e. The molecule has 0 bridgehead atoms. The van der Waals surface area contributed by atoms with Crippen LogP contribution >= 0.6 is 0 Å². The number of rotatable bonds is 0. The molecule has 0 unspecified atom stereocenters. The Labute approximate surface area is 182 Å². The first-order valence-electron chi connectivity index (χ1n) is 12.4. The van der Waals surface area contributed by atoms with Crippen LogP contribution in [-0.2, 0) is 0 Å². The SMILES string of the molecule is [C]1=C/C=C\C=C/C=C\C=C/C=C\CCCCCCCCCCCCCCCCC\1. The molecule has 1 aliphatic carbocycles. The van der Waals surface area contributed by atoms with Gasteiger partial charge in [0.1, 0.15) is 0 Å². The molecule has 161 valence electrons. The van der Waals surface area contributed by atoms with Gasteiger partial charge in [0.05, 0.1) is 0 Å². The lowest BCUT2D eigenvalue weighted by Gasteiger charge is -2.03. The van der Waals surface area contributed by atoms with Gasteiger partial charge in [-0.1, -0.05) is 150 Å². The lowest BCUT2D eigenvalue weighted by molar-refractivity contribution is 0.531. The molecule has 1 rings (SSSR count). The van der Waals surface area contributed by atoms with Gasteiger partial charge in [0.2, 0.25) is 0 Å². The summed E-state index contributed by atoms with van der Waals surface area (Å²) in [6.07, 6.45) is 50.0. The average molecular weight is 394 g/mol. The van der Waals surface area contributed by atoms with Crippen molar-refractivity contribution < 1.29 is 0 Å². The fourth-order valence-corrected chi connectivity index (χ4v) is 3.62. The molecule has 0 heteroatoms. The molecule has 0 aromatic carbocycles. The summed E-state index contributed by atoms with van der Waals surface area (Å²) < 4.78 is 0. The monoisotopic (exact) mass is 393 g/mol. The smallest absolute Gasteiger partial charge is 0.0276 e. The summed E-state index contributed by atoms with van der Waals surface area (Å²) in [6, 6.07) is 0. The molecule has 0 amide bonds. The van der Waals surface area contributed by atoms with E-state index in [2.05, 4.69) is 72.9 Å². The van der Waals surface area contributed by atoms with Crippen LogP contribution < -0.4 is 0 Å². The van der Waals surface area contributed by atoms with E-state index in [1.165, 1.54) is 103 Å². The van der Waals surface area contributed by atoms with Gasteiger partial charge in [0.25, 0.3) is 0 Å². The van der Waals surface area contributed by atoms with Crippen molar-refractivity contribution in [2.75, 3.05) is 0 Å². The second kappa shape index (κ2) is 22.7. The first-order valence-corrected chi connectivity index (χ1v) is 12.4. The summed E-state index contributed by atoms with van der Waals surface area (Å²) in [7, 11) is 0. The fraction of sp³-hybridized carbons (Fsp3) is 0.586. The van der Waals surface area contributed by atoms with Crippen LogP contribution in [0.3, 0.4) is 0 Å². The first-order chi connectivity index (χ1) is 14.5. The summed E-state index contributed by atoms with van der Waals surface area (Å²) in [5.41, 5.74) is 0. The van der Waals surface area contributed by atoms with Crippen LogP contribution in [-0.4, -0.2) is 0 Å². The molecule has 0 heterocycles. The Bertz CT molecular complexity index is 452. The highest BCUT2D eigenvalue weighted by Gasteiger charge is 1.94. The van der Waals surface area contributed by atoms with Crippen LogP contribution in [0.4, 0.5) is 0 Å². The molecular formula is C29H45. The summed E-state index contributed by atoms with van der Waals surface area (Å²) in [4.78, 5) is 0. The highest BCUT2D eigenvalue weighted by atomic mass is 14.0. The van der Waals surface area contributed by atoms with Crippen LogP contribution in [0.5, 0.6) is 0 Å². The van der Waals surface area contributed by atoms with Crippen molar-refractivity contribution in [1.29, 1.82) is 0 Å². The van der Waals surface area contributed by atoms with Crippen molar-refractivity contribution in [3.8, 4) is 0 Å². The molecule has 0 aromatic rings. The normalized spacial score (nSPS) is 27.3. The molecule has 0 saturated heterocycles. The molecule has 1 aliphatic rings. The standard InChI is InChI=1S/C29H45/c1-2-4-6-8-10-12-14-16-18-20-22-24-26-28-29-27-25-23-21-19-17-15-13-11-9-7-5-3-1/h1-11H,12,14-29H2/b2-1-,5-3-,6-4-,9-7-,10-8-,13-11?. The van der Waals surface area contributed by atoms with Crippen molar-refractivity contribution >= 4 is 0 Å². The second-order valence-corrected chi connectivity index (χ2v) is 8.18. The number of hydrogen-bond donors (Lipinski definition) is 0. The van der Waals surface area contributed by atoms with Crippen LogP contribution in [0.15, 0.2) is 66.8 Å². The van der Waals surface area contributed by atoms with Crippen LogP contribution in [0, 0.1) is 6.08 Å². The molecule has 29 heavy (non-hydrogen) atoms. The van der Waals surface area contributed by atoms with Gasteiger partial charge in [0.15, 0.2) is 0 Å². The molecule has 0 aromatic heterocycles. The topological polar surface area (TPSA) is 0 Å². The van der Waals surface area contributed by atoms with E-state index in [9.17, 15) is 0 Å². The minimum atomic E-state index is 1.09. The lowest BCUT2D eigenvalue weighted by atomic mass is 10.0. The highest BCUT2D eigenvalue weighted by molar-refractivity contribution is 5.19. The molecule has 0 fully saturated rings. The molecule has 1 radical (unpaired) electrons. The van der Waals surface area contributed by atoms with E-state index in [4.69, 9.17) is 0 Å². The van der Waals surface area contributed by atoms with Gasteiger partial charge in [-0.2, -0.15) is 0 Å². The average Bonchev–Trinajstić information content (AvgIpc) is 2.73. The van der Waals surface area contributed by atoms with Gasteiger partial charge in [0, 0.05) is 0 Å². The van der Waals surface area contributed by atoms with Gasteiger partial charge in [-0.05, 0) is 31.8 Å². The zero-order valence-corrected chi connectivity index (χ0v) is 18.9. The summed E-state index contributed by atoms with van der Waals surface area (Å²) in [5, 5.41) is 0. The Morgan fingerprint density at radius 1 is 0.345 bits per heavy atom. The fourth-order valence-electron chi connectivity index (χ4n) is 3.62. The second-order valence-electron chi connectivity index (χ2n) is 8.18. The Morgan fingerprint density at radius 3 is 1.24 bits per heavy atom. The Balaban J connectivity index is 2.25. The molecule has 0 atom stereocenters. The lowest BCUT2D eigenvalue weighted by Crippen LogP contribution is -1.83. The number of hydrogen-bond acceptors (Lipinski definition) is 0. The van der Waals surface area contributed by atoms with E-state index < -0.39 is 0 Å². The van der Waals surface area contributed by atoms with Crippen molar-refractivity contribution in [1.82, 2.24) is 0 Å². The van der Waals surface area contributed by atoms with Gasteiger partial charge in [-0.15, -0.1) is 0 Å². The van der Waals surface area contributed by atoms with Crippen molar-refractivity contribution in [2.24, 2.45) is 0 Å². The first kappa shape index (κ1) is 25.5. The Kier molecular flexibility index (Phi) is 20.0. The van der Waals surface area contributed by atoms with Gasteiger partial charge in [-0.25, -0.2) is 0 Å². The van der Waals surface area contributed by atoms with Gasteiger partial charge in [-0.3, -0.25) is 0 Å².